The maximum absolute atomic E-state index is 13.4. The van der Waals surface area contributed by atoms with Crippen molar-refractivity contribution >= 4 is 11.7 Å². The predicted molar refractivity (Wildman–Crippen MR) is 105 cm³/mol. The molecule has 1 heterocycles. The zero-order valence-corrected chi connectivity index (χ0v) is 15.2. The van der Waals surface area contributed by atoms with Crippen LogP contribution in [0.2, 0.25) is 0 Å². The zero-order chi connectivity index (χ0) is 18.8. The SMILES string of the molecule is Cc1ccc(NC(=O)N2CCc3ccccc3C2c2ccc(F)cc2)cc1. The summed E-state index contributed by atoms with van der Waals surface area (Å²) in [7, 11) is 0. The number of nitrogens with one attached hydrogen (secondary N) is 1. The normalized spacial score (nSPS) is 15.9. The van der Waals surface area contributed by atoms with Crippen LogP contribution < -0.4 is 5.32 Å². The molecule has 0 fully saturated rings. The Kier molecular flexibility index (Phi) is 4.63. The number of fused-ring (bicyclic) bond motifs is 1. The number of urea groups is 1. The molecule has 0 radical (unpaired) electrons. The second-order valence-corrected chi connectivity index (χ2v) is 6.89. The van der Waals surface area contributed by atoms with Gasteiger partial charge in [-0.25, -0.2) is 9.18 Å². The molecule has 1 unspecified atom stereocenters. The van der Waals surface area contributed by atoms with Gasteiger partial charge in [0.15, 0.2) is 0 Å². The fraction of sp³-hybridized carbons (Fsp3) is 0.174. The van der Waals surface area contributed by atoms with E-state index in [4.69, 9.17) is 0 Å². The highest BCUT2D eigenvalue weighted by molar-refractivity contribution is 5.90. The van der Waals surface area contributed by atoms with Crippen molar-refractivity contribution in [1.29, 1.82) is 0 Å². The van der Waals surface area contributed by atoms with E-state index in [9.17, 15) is 9.18 Å². The highest BCUT2D eigenvalue weighted by Crippen LogP contribution is 2.35. The molecule has 1 N–H and O–H groups in total. The van der Waals surface area contributed by atoms with Gasteiger partial charge >= 0.3 is 6.03 Å². The molecule has 27 heavy (non-hydrogen) atoms. The number of anilines is 1. The Morgan fingerprint density at radius 1 is 1.00 bits per heavy atom. The molecule has 3 aromatic carbocycles. The van der Waals surface area contributed by atoms with Gasteiger partial charge in [0.1, 0.15) is 5.82 Å². The topological polar surface area (TPSA) is 32.3 Å². The van der Waals surface area contributed by atoms with E-state index in [0.717, 1.165) is 28.8 Å². The van der Waals surface area contributed by atoms with Crippen molar-refractivity contribution in [3.63, 3.8) is 0 Å². The van der Waals surface area contributed by atoms with Crippen molar-refractivity contribution in [2.75, 3.05) is 11.9 Å². The fourth-order valence-corrected chi connectivity index (χ4v) is 3.62. The van der Waals surface area contributed by atoms with Crippen LogP contribution in [-0.2, 0) is 6.42 Å². The maximum atomic E-state index is 13.4. The third-order valence-corrected chi connectivity index (χ3v) is 5.03. The monoisotopic (exact) mass is 360 g/mol. The Labute approximate surface area is 158 Å². The first-order chi connectivity index (χ1) is 13.1. The van der Waals surface area contributed by atoms with E-state index < -0.39 is 0 Å². The number of carbonyl (C=O) groups is 1. The van der Waals surface area contributed by atoms with Crippen molar-refractivity contribution in [3.05, 3.63) is 101 Å². The molecular weight excluding hydrogens is 339 g/mol. The van der Waals surface area contributed by atoms with Crippen LogP contribution in [0, 0.1) is 12.7 Å². The first-order valence-corrected chi connectivity index (χ1v) is 9.09. The number of nitrogens with zero attached hydrogens (tertiary/aromatic N) is 1. The summed E-state index contributed by atoms with van der Waals surface area (Å²) in [5.74, 6) is -0.279. The molecule has 3 aromatic rings. The molecule has 4 heteroatoms. The molecule has 1 atom stereocenters. The molecule has 1 aliphatic heterocycles. The summed E-state index contributed by atoms with van der Waals surface area (Å²) >= 11 is 0. The summed E-state index contributed by atoms with van der Waals surface area (Å²) in [6, 6.07) is 21.9. The number of aryl methyl sites for hydroxylation is 1. The predicted octanol–water partition coefficient (Wildman–Crippen LogP) is 5.31. The number of carbonyl (C=O) groups excluding carboxylic acids is 1. The van der Waals surface area contributed by atoms with Crippen LogP contribution in [0.25, 0.3) is 0 Å². The lowest BCUT2D eigenvalue weighted by Crippen LogP contribution is -2.43. The van der Waals surface area contributed by atoms with Gasteiger partial charge in [-0.2, -0.15) is 0 Å². The number of halogens is 1. The third kappa shape index (κ3) is 3.56. The van der Waals surface area contributed by atoms with E-state index in [2.05, 4.69) is 17.4 Å². The second kappa shape index (κ2) is 7.23. The summed E-state index contributed by atoms with van der Waals surface area (Å²) in [6.07, 6.45) is 0.801. The van der Waals surface area contributed by atoms with Crippen molar-refractivity contribution in [2.24, 2.45) is 0 Å². The molecule has 0 bridgehead atoms. The van der Waals surface area contributed by atoms with Gasteiger partial charge in [0.2, 0.25) is 0 Å². The van der Waals surface area contributed by atoms with Crippen LogP contribution in [-0.4, -0.2) is 17.5 Å². The van der Waals surface area contributed by atoms with E-state index in [1.165, 1.54) is 17.7 Å². The molecule has 0 saturated heterocycles. The van der Waals surface area contributed by atoms with Crippen molar-refractivity contribution in [1.82, 2.24) is 4.90 Å². The Bertz CT molecular complexity index is 951. The van der Waals surface area contributed by atoms with Gasteiger partial charge in [0, 0.05) is 12.2 Å². The van der Waals surface area contributed by atoms with Gasteiger partial charge < -0.3 is 10.2 Å². The Morgan fingerprint density at radius 3 is 2.44 bits per heavy atom. The first-order valence-electron chi connectivity index (χ1n) is 9.09. The molecule has 0 aromatic heterocycles. The average molecular weight is 360 g/mol. The summed E-state index contributed by atoms with van der Waals surface area (Å²) in [4.78, 5) is 14.9. The van der Waals surface area contributed by atoms with Gasteiger partial charge in [0.05, 0.1) is 6.04 Å². The van der Waals surface area contributed by atoms with Gasteiger partial charge in [0.25, 0.3) is 0 Å². The van der Waals surface area contributed by atoms with Crippen molar-refractivity contribution in [3.8, 4) is 0 Å². The van der Waals surface area contributed by atoms with Crippen molar-refractivity contribution < 1.29 is 9.18 Å². The molecule has 0 saturated carbocycles. The molecule has 2 amide bonds. The lowest BCUT2D eigenvalue weighted by Gasteiger charge is -2.37. The minimum Gasteiger partial charge on any atom is -0.313 e. The first kappa shape index (κ1) is 17.3. The van der Waals surface area contributed by atoms with E-state index in [1.807, 2.05) is 48.2 Å². The molecule has 3 nitrogen and oxygen atoms in total. The number of hydrogen-bond acceptors (Lipinski definition) is 1. The van der Waals surface area contributed by atoms with Crippen LogP contribution in [0.15, 0.2) is 72.8 Å². The Balaban J connectivity index is 1.68. The minimum absolute atomic E-state index is 0.150. The van der Waals surface area contributed by atoms with Crippen molar-refractivity contribution in [2.45, 2.75) is 19.4 Å². The minimum atomic E-state index is -0.279. The molecule has 0 aliphatic carbocycles. The Hall–Kier alpha value is -3.14. The molecule has 1 aliphatic rings. The van der Waals surface area contributed by atoms with Crippen LogP contribution in [0.5, 0.6) is 0 Å². The van der Waals surface area contributed by atoms with Crippen LogP contribution in [0.3, 0.4) is 0 Å². The summed E-state index contributed by atoms with van der Waals surface area (Å²) in [5, 5.41) is 2.99. The van der Waals surface area contributed by atoms with Gasteiger partial charge in [-0.1, -0.05) is 54.1 Å². The molecule has 4 rings (SSSR count). The zero-order valence-electron chi connectivity index (χ0n) is 15.2. The standard InChI is InChI=1S/C23H21FN2O/c1-16-6-12-20(13-7-16)25-23(27)26-15-14-17-4-2-3-5-21(17)22(26)18-8-10-19(24)11-9-18/h2-13,22H,14-15H2,1H3,(H,25,27). The maximum Gasteiger partial charge on any atom is 0.322 e. The lowest BCUT2D eigenvalue weighted by atomic mass is 9.88. The highest BCUT2D eigenvalue weighted by atomic mass is 19.1. The largest absolute Gasteiger partial charge is 0.322 e. The van der Waals surface area contributed by atoms with E-state index in [0.29, 0.717) is 6.54 Å². The summed E-state index contributed by atoms with van der Waals surface area (Å²) in [6.45, 7) is 2.62. The van der Waals surface area contributed by atoms with Crippen LogP contribution >= 0.6 is 0 Å². The average Bonchev–Trinajstić information content (AvgIpc) is 2.69. The van der Waals surface area contributed by atoms with E-state index in [-0.39, 0.29) is 17.9 Å². The highest BCUT2D eigenvalue weighted by Gasteiger charge is 2.31. The number of rotatable bonds is 2. The van der Waals surface area contributed by atoms with Gasteiger partial charge in [-0.3, -0.25) is 0 Å². The second-order valence-electron chi connectivity index (χ2n) is 6.89. The smallest absolute Gasteiger partial charge is 0.313 e. The van der Waals surface area contributed by atoms with Crippen LogP contribution in [0.1, 0.15) is 28.3 Å². The molecule has 136 valence electrons. The van der Waals surface area contributed by atoms with Gasteiger partial charge in [-0.05, 0) is 54.3 Å². The van der Waals surface area contributed by atoms with E-state index in [1.54, 1.807) is 12.1 Å². The Morgan fingerprint density at radius 2 is 1.70 bits per heavy atom. The number of benzene rings is 3. The van der Waals surface area contributed by atoms with Crippen LogP contribution in [0.4, 0.5) is 14.9 Å². The van der Waals surface area contributed by atoms with Gasteiger partial charge in [-0.15, -0.1) is 0 Å². The third-order valence-electron chi connectivity index (χ3n) is 5.03. The number of hydrogen-bond donors (Lipinski definition) is 1. The fourth-order valence-electron chi connectivity index (χ4n) is 3.62. The van der Waals surface area contributed by atoms with E-state index >= 15 is 0 Å². The molecule has 0 spiro atoms. The number of amides is 2. The summed E-state index contributed by atoms with van der Waals surface area (Å²) in [5.41, 5.74) is 5.13. The lowest BCUT2D eigenvalue weighted by molar-refractivity contribution is 0.194. The summed E-state index contributed by atoms with van der Waals surface area (Å²) < 4.78 is 13.4. The quantitative estimate of drug-likeness (QED) is 0.660. The molecular formula is C23H21FN2O.